The first kappa shape index (κ1) is 26.4. The van der Waals surface area contributed by atoms with E-state index in [1.165, 1.54) is 0 Å². The molecule has 9 nitrogen and oxygen atoms in total. The largest absolute Gasteiger partial charge is 0.479 e. The number of carbonyl (C=O) groups excluding carboxylic acids is 2. The molecule has 3 aromatic carbocycles. The summed E-state index contributed by atoms with van der Waals surface area (Å²) in [4.78, 5) is 44.2. The van der Waals surface area contributed by atoms with Crippen LogP contribution in [-0.4, -0.2) is 59.8 Å². The first-order chi connectivity index (χ1) is 18.9. The molecule has 0 aromatic heterocycles. The van der Waals surface area contributed by atoms with Crippen LogP contribution in [0.4, 0.5) is 4.79 Å². The van der Waals surface area contributed by atoms with Crippen LogP contribution in [0.2, 0.25) is 0 Å². The molecule has 39 heavy (non-hydrogen) atoms. The Labute approximate surface area is 226 Å². The van der Waals surface area contributed by atoms with Crippen molar-refractivity contribution >= 4 is 18.0 Å². The minimum absolute atomic E-state index is 0.112. The van der Waals surface area contributed by atoms with E-state index in [0.29, 0.717) is 25.9 Å². The highest BCUT2D eigenvalue weighted by Crippen LogP contribution is 2.44. The number of carboxylic acid groups (broad SMARTS) is 1. The molecular formula is C30H31N3O6. The van der Waals surface area contributed by atoms with Crippen molar-refractivity contribution in [1.82, 2.24) is 15.7 Å². The van der Waals surface area contributed by atoms with Gasteiger partial charge in [-0.1, -0.05) is 78.9 Å². The highest BCUT2D eigenvalue weighted by atomic mass is 16.7. The van der Waals surface area contributed by atoms with E-state index in [1.54, 1.807) is 0 Å². The van der Waals surface area contributed by atoms with Gasteiger partial charge in [-0.15, -0.1) is 0 Å². The van der Waals surface area contributed by atoms with E-state index in [0.717, 1.165) is 34.4 Å². The third kappa shape index (κ3) is 5.94. The van der Waals surface area contributed by atoms with Crippen molar-refractivity contribution in [2.45, 2.75) is 30.8 Å². The van der Waals surface area contributed by atoms with Crippen molar-refractivity contribution in [3.05, 3.63) is 95.6 Å². The summed E-state index contributed by atoms with van der Waals surface area (Å²) >= 11 is 0. The van der Waals surface area contributed by atoms with Crippen molar-refractivity contribution in [2.24, 2.45) is 0 Å². The number of piperidine rings is 1. The van der Waals surface area contributed by atoms with E-state index in [1.807, 2.05) is 66.7 Å². The molecule has 1 heterocycles. The van der Waals surface area contributed by atoms with Crippen LogP contribution in [0, 0.1) is 0 Å². The maximum atomic E-state index is 13.2. The number of alkyl carbamates (subject to hydrolysis) is 1. The summed E-state index contributed by atoms with van der Waals surface area (Å²) in [7, 11) is 0. The summed E-state index contributed by atoms with van der Waals surface area (Å²) in [6, 6.07) is 26.1. The third-order valence-electron chi connectivity index (χ3n) is 7.44. The van der Waals surface area contributed by atoms with Crippen molar-refractivity contribution in [3.8, 4) is 11.1 Å². The van der Waals surface area contributed by atoms with Crippen LogP contribution in [0.25, 0.3) is 11.1 Å². The van der Waals surface area contributed by atoms with Crippen molar-refractivity contribution in [1.29, 1.82) is 0 Å². The van der Waals surface area contributed by atoms with Crippen LogP contribution in [0.1, 0.15) is 35.4 Å². The summed E-state index contributed by atoms with van der Waals surface area (Å²) in [5.41, 5.74) is 6.50. The Bertz CT molecular complexity index is 1290. The highest BCUT2D eigenvalue weighted by Gasteiger charge is 2.44. The average Bonchev–Trinajstić information content (AvgIpc) is 3.27. The maximum Gasteiger partial charge on any atom is 0.408 e. The second-order valence-electron chi connectivity index (χ2n) is 9.91. The molecule has 2 amide bonds. The average molecular weight is 530 g/mol. The number of ether oxygens (including phenoxy) is 1. The number of nitrogens with one attached hydrogen (secondary N) is 2. The molecule has 9 heteroatoms. The number of fused-ring (bicyclic) bond motifs is 3. The number of benzene rings is 3. The van der Waals surface area contributed by atoms with Gasteiger partial charge in [0.25, 0.3) is 5.91 Å². The lowest BCUT2D eigenvalue weighted by Crippen LogP contribution is -2.63. The molecule has 1 aliphatic carbocycles. The molecule has 0 saturated carbocycles. The standard InChI is InChI=1S/C30H31N3O6/c34-27(35)20-39-32-28(36)30(14-16-33(17-15-30)18-21-8-2-1-3-9-21)31-29(37)38-19-26-24-12-6-4-10-22(24)23-11-5-7-13-25(23)26/h1-13,26H,14-20H2,(H,31,37)(H,32,36)(H,34,35). The summed E-state index contributed by atoms with van der Waals surface area (Å²) in [5.74, 6) is -1.93. The Morgan fingerprint density at radius 2 is 1.46 bits per heavy atom. The molecule has 1 saturated heterocycles. The fraction of sp³-hybridized carbons (Fsp3) is 0.300. The van der Waals surface area contributed by atoms with Crippen LogP contribution in [0.3, 0.4) is 0 Å². The number of rotatable bonds is 9. The lowest BCUT2D eigenvalue weighted by Gasteiger charge is -2.40. The van der Waals surface area contributed by atoms with E-state index in [-0.39, 0.29) is 12.5 Å². The second kappa shape index (κ2) is 11.7. The van der Waals surface area contributed by atoms with Crippen LogP contribution >= 0.6 is 0 Å². The molecule has 0 bridgehead atoms. The fourth-order valence-corrected chi connectivity index (χ4v) is 5.43. The van der Waals surface area contributed by atoms with Gasteiger partial charge in [-0.2, -0.15) is 0 Å². The second-order valence-corrected chi connectivity index (χ2v) is 9.91. The van der Waals surface area contributed by atoms with Gasteiger partial charge in [0.1, 0.15) is 12.1 Å². The van der Waals surface area contributed by atoms with Gasteiger partial charge in [-0.25, -0.2) is 15.1 Å². The van der Waals surface area contributed by atoms with Gasteiger partial charge in [-0.3, -0.25) is 14.5 Å². The smallest absolute Gasteiger partial charge is 0.408 e. The van der Waals surface area contributed by atoms with Crippen LogP contribution in [0.5, 0.6) is 0 Å². The Hall–Kier alpha value is -4.21. The Balaban J connectivity index is 1.25. The summed E-state index contributed by atoms with van der Waals surface area (Å²) in [5, 5.41) is 11.7. The summed E-state index contributed by atoms with van der Waals surface area (Å²) in [6.07, 6.45) is -0.0831. The van der Waals surface area contributed by atoms with E-state index in [2.05, 4.69) is 27.8 Å². The van der Waals surface area contributed by atoms with Crippen molar-refractivity contribution in [3.63, 3.8) is 0 Å². The molecule has 0 atom stereocenters. The van der Waals surface area contributed by atoms with Gasteiger partial charge >= 0.3 is 12.1 Å². The summed E-state index contributed by atoms with van der Waals surface area (Å²) in [6.45, 7) is 1.24. The van der Waals surface area contributed by atoms with Crippen LogP contribution in [0.15, 0.2) is 78.9 Å². The monoisotopic (exact) mass is 529 g/mol. The Morgan fingerprint density at radius 1 is 0.872 bits per heavy atom. The summed E-state index contributed by atoms with van der Waals surface area (Å²) < 4.78 is 5.70. The van der Waals surface area contributed by atoms with Crippen molar-refractivity contribution in [2.75, 3.05) is 26.3 Å². The van der Waals surface area contributed by atoms with E-state index >= 15 is 0 Å². The van der Waals surface area contributed by atoms with Crippen LogP contribution < -0.4 is 10.8 Å². The number of hydrogen-bond acceptors (Lipinski definition) is 6. The zero-order chi connectivity index (χ0) is 27.2. The number of hydrogen-bond donors (Lipinski definition) is 3. The first-order valence-corrected chi connectivity index (χ1v) is 13.0. The predicted octanol–water partition coefficient (Wildman–Crippen LogP) is 3.69. The van der Waals surface area contributed by atoms with E-state index in [9.17, 15) is 14.4 Å². The molecule has 0 unspecified atom stereocenters. The Kier molecular flexibility index (Phi) is 7.90. The Morgan fingerprint density at radius 3 is 2.08 bits per heavy atom. The van der Waals surface area contributed by atoms with Gasteiger partial charge in [0, 0.05) is 25.6 Å². The van der Waals surface area contributed by atoms with E-state index in [4.69, 9.17) is 14.7 Å². The molecule has 0 spiro atoms. The van der Waals surface area contributed by atoms with Crippen LogP contribution in [-0.2, 0) is 25.7 Å². The highest BCUT2D eigenvalue weighted by molar-refractivity contribution is 5.89. The number of likely N-dealkylation sites (tertiary alicyclic amines) is 1. The molecule has 2 aliphatic rings. The lowest BCUT2D eigenvalue weighted by atomic mass is 9.86. The van der Waals surface area contributed by atoms with Gasteiger partial charge < -0.3 is 15.2 Å². The first-order valence-electron chi connectivity index (χ1n) is 13.0. The minimum Gasteiger partial charge on any atom is -0.479 e. The van der Waals surface area contributed by atoms with Crippen molar-refractivity contribution < 1.29 is 29.1 Å². The zero-order valence-corrected chi connectivity index (χ0v) is 21.5. The molecule has 202 valence electrons. The van der Waals surface area contributed by atoms with Gasteiger partial charge in [0.15, 0.2) is 6.61 Å². The maximum absolute atomic E-state index is 13.2. The quantitative estimate of drug-likeness (QED) is 0.362. The molecule has 1 aliphatic heterocycles. The number of carbonyl (C=O) groups is 3. The predicted molar refractivity (Wildman–Crippen MR) is 144 cm³/mol. The molecular weight excluding hydrogens is 498 g/mol. The van der Waals surface area contributed by atoms with Gasteiger partial charge in [-0.05, 0) is 40.7 Å². The number of hydroxylamine groups is 1. The van der Waals surface area contributed by atoms with E-state index < -0.39 is 30.1 Å². The molecule has 0 radical (unpaired) electrons. The number of aliphatic carboxylic acids is 1. The third-order valence-corrected chi connectivity index (χ3v) is 7.44. The normalized spacial score (nSPS) is 16.1. The number of carboxylic acids is 1. The number of nitrogens with zero attached hydrogens (tertiary/aromatic N) is 1. The SMILES string of the molecule is O=C(O)CONC(=O)C1(NC(=O)OCC2c3ccccc3-c3ccccc32)CCN(Cc2ccccc2)CC1. The topological polar surface area (TPSA) is 117 Å². The molecule has 3 N–H and O–H groups in total. The molecule has 5 rings (SSSR count). The number of amides is 2. The minimum atomic E-state index is -1.30. The molecule has 1 fully saturated rings. The zero-order valence-electron chi connectivity index (χ0n) is 21.5. The van der Waals surface area contributed by atoms with Gasteiger partial charge in [0.05, 0.1) is 0 Å². The van der Waals surface area contributed by atoms with Gasteiger partial charge in [0.2, 0.25) is 0 Å². The fourth-order valence-electron chi connectivity index (χ4n) is 5.43. The lowest BCUT2D eigenvalue weighted by molar-refractivity contribution is -0.152. The molecule has 3 aromatic rings.